The average molecular weight is 273 g/mol. The summed E-state index contributed by atoms with van der Waals surface area (Å²) in [7, 11) is 0. The first kappa shape index (κ1) is 13.8. The van der Waals surface area contributed by atoms with Gasteiger partial charge in [0.25, 0.3) is 5.56 Å². The summed E-state index contributed by atoms with van der Waals surface area (Å²) in [6.45, 7) is 3.85. The monoisotopic (exact) mass is 273 g/mol. The molecule has 0 radical (unpaired) electrons. The lowest BCUT2D eigenvalue weighted by atomic mass is 10.2. The summed E-state index contributed by atoms with van der Waals surface area (Å²) in [6, 6.07) is 7.62. The van der Waals surface area contributed by atoms with Crippen LogP contribution in [0.3, 0.4) is 0 Å². The Morgan fingerprint density at radius 2 is 2.25 bits per heavy atom. The van der Waals surface area contributed by atoms with Crippen LogP contribution in [0.15, 0.2) is 35.3 Å². The van der Waals surface area contributed by atoms with E-state index in [1.54, 1.807) is 6.92 Å². The highest BCUT2D eigenvalue weighted by atomic mass is 16.5. The topological polar surface area (TPSA) is 84.1 Å². The van der Waals surface area contributed by atoms with Crippen LogP contribution < -0.4 is 10.9 Å². The number of aromatic nitrogens is 2. The molecule has 0 aliphatic heterocycles. The molecule has 0 bridgehead atoms. The van der Waals surface area contributed by atoms with Crippen LogP contribution in [-0.2, 0) is 4.74 Å². The number of hydrogen-bond donors (Lipinski definition) is 2. The van der Waals surface area contributed by atoms with Gasteiger partial charge in [-0.1, -0.05) is 12.1 Å². The van der Waals surface area contributed by atoms with E-state index in [9.17, 15) is 9.59 Å². The molecule has 0 saturated carbocycles. The summed E-state index contributed by atoms with van der Waals surface area (Å²) < 4.78 is 4.76. The molecule has 0 aliphatic rings. The first-order chi connectivity index (χ1) is 9.60. The second kappa shape index (κ2) is 6.01. The molecule has 1 heterocycles. The van der Waals surface area contributed by atoms with Crippen molar-refractivity contribution in [1.29, 1.82) is 0 Å². The normalized spacial score (nSPS) is 10.1. The van der Waals surface area contributed by atoms with Crippen LogP contribution in [0.4, 0.5) is 11.6 Å². The maximum atomic E-state index is 11.8. The van der Waals surface area contributed by atoms with Gasteiger partial charge in [0.15, 0.2) is 0 Å². The molecule has 0 unspecified atom stereocenters. The number of hydrogen-bond acceptors (Lipinski definition) is 5. The van der Waals surface area contributed by atoms with Gasteiger partial charge in [0, 0.05) is 5.69 Å². The van der Waals surface area contributed by atoms with Crippen LogP contribution in [0.25, 0.3) is 0 Å². The Labute approximate surface area is 115 Å². The van der Waals surface area contributed by atoms with Crippen molar-refractivity contribution in [2.45, 2.75) is 13.8 Å². The second-order valence-corrected chi connectivity index (χ2v) is 4.19. The third-order valence-corrected chi connectivity index (χ3v) is 2.58. The quantitative estimate of drug-likeness (QED) is 0.832. The molecule has 6 nitrogen and oxygen atoms in total. The number of rotatable bonds is 4. The van der Waals surface area contributed by atoms with Crippen LogP contribution in [0.2, 0.25) is 0 Å². The maximum absolute atomic E-state index is 11.8. The molecule has 0 amide bonds. The molecule has 0 aliphatic carbocycles. The number of nitrogens with one attached hydrogen (secondary N) is 2. The number of carbonyl (C=O) groups is 1. The van der Waals surface area contributed by atoms with Crippen molar-refractivity contribution in [3.8, 4) is 0 Å². The second-order valence-electron chi connectivity index (χ2n) is 4.19. The molecule has 0 saturated heterocycles. The molecular weight excluding hydrogens is 258 g/mol. The molecule has 2 rings (SSSR count). The third kappa shape index (κ3) is 3.23. The van der Waals surface area contributed by atoms with Crippen LogP contribution in [0.5, 0.6) is 0 Å². The number of benzene rings is 1. The van der Waals surface area contributed by atoms with Gasteiger partial charge < -0.3 is 10.1 Å². The maximum Gasteiger partial charge on any atom is 0.345 e. The largest absolute Gasteiger partial charge is 0.462 e. The number of esters is 1. The Balaban J connectivity index is 2.21. The van der Waals surface area contributed by atoms with E-state index in [-0.39, 0.29) is 18.1 Å². The summed E-state index contributed by atoms with van der Waals surface area (Å²) >= 11 is 0. The van der Waals surface area contributed by atoms with Crippen LogP contribution >= 0.6 is 0 Å². The predicted molar refractivity (Wildman–Crippen MR) is 75.3 cm³/mol. The molecule has 0 fully saturated rings. The number of ether oxygens (including phenoxy) is 1. The van der Waals surface area contributed by atoms with E-state index in [4.69, 9.17) is 4.74 Å². The minimum atomic E-state index is -0.677. The lowest BCUT2D eigenvalue weighted by Crippen LogP contribution is -2.21. The molecule has 1 aromatic heterocycles. The van der Waals surface area contributed by atoms with Crippen molar-refractivity contribution in [3.05, 3.63) is 51.9 Å². The van der Waals surface area contributed by atoms with E-state index < -0.39 is 11.5 Å². The summed E-state index contributed by atoms with van der Waals surface area (Å²) in [5.41, 5.74) is 1.24. The third-order valence-electron chi connectivity index (χ3n) is 2.58. The predicted octanol–water partition coefficient (Wildman–Crippen LogP) is 2.00. The molecule has 104 valence electrons. The first-order valence-electron chi connectivity index (χ1n) is 6.20. The van der Waals surface area contributed by atoms with E-state index in [0.29, 0.717) is 0 Å². The molecule has 20 heavy (non-hydrogen) atoms. The summed E-state index contributed by atoms with van der Waals surface area (Å²) in [5.74, 6) is -0.406. The van der Waals surface area contributed by atoms with Crippen molar-refractivity contribution in [2.75, 3.05) is 11.9 Å². The van der Waals surface area contributed by atoms with E-state index in [2.05, 4.69) is 15.3 Å². The SMILES string of the molecule is CCOC(=O)c1cnc(Nc2cccc(C)c2)[nH]c1=O. The highest BCUT2D eigenvalue weighted by Gasteiger charge is 2.12. The molecule has 1 aromatic carbocycles. The first-order valence-corrected chi connectivity index (χ1v) is 6.20. The summed E-state index contributed by atoms with van der Waals surface area (Å²) in [6.07, 6.45) is 1.20. The highest BCUT2D eigenvalue weighted by Crippen LogP contribution is 2.13. The minimum Gasteiger partial charge on any atom is -0.462 e. The van der Waals surface area contributed by atoms with Gasteiger partial charge in [0.2, 0.25) is 5.95 Å². The van der Waals surface area contributed by atoms with Gasteiger partial charge in [-0.15, -0.1) is 0 Å². The van der Waals surface area contributed by atoms with E-state index in [0.717, 1.165) is 11.3 Å². The zero-order valence-electron chi connectivity index (χ0n) is 11.3. The number of nitrogens with zero attached hydrogens (tertiary/aromatic N) is 1. The zero-order chi connectivity index (χ0) is 14.5. The molecule has 0 atom stereocenters. The van der Waals surface area contributed by atoms with Gasteiger partial charge in [0.05, 0.1) is 12.8 Å². The number of anilines is 2. The van der Waals surface area contributed by atoms with Gasteiger partial charge in [0.1, 0.15) is 5.56 Å². The van der Waals surface area contributed by atoms with Gasteiger partial charge in [-0.2, -0.15) is 0 Å². The van der Waals surface area contributed by atoms with Crippen molar-refractivity contribution < 1.29 is 9.53 Å². The fourth-order valence-electron chi connectivity index (χ4n) is 1.67. The smallest absolute Gasteiger partial charge is 0.345 e. The highest BCUT2D eigenvalue weighted by molar-refractivity contribution is 5.88. The van der Waals surface area contributed by atoms with Crippen molar-refractivity contribution in [2.24, 2.45) is 0 Å². The number of aromatic amines is 1. The number of H-pyrrole nitrogens is 1. The molecule has 6 heteroatoms. The minimum absolute atomic E-state index is 0.110. The van der Waals surface area contributed by atoms with Crippen molar-refractivity contribution in [1.82, 2.24) is 9.97 Å². The van der Waals surface area contributed by atoms with Gasteiger partial charge in [-0.3, -0.25) is 9.78 Å². The van der Waals surface area contributed by atoms with E-state index >= 15 is 0 Å². The Bertz CT molecular complexity index is 679. The number of carbonyl (C=O) groups excluding carboxylic acids is 1. The van der Waals surface area contributed by atoms with Crippen LogP contribution in [0, 0.1) is 6.92 Å². The van der Waals surface area contributed by atoms with Crippen LogP contribution in [0.1, 0.15) is 22.8 Å². The molecular formula is C14H15N3O3. The van der Waals surface area contributed by atoms with Crippen LogP contribution in [-0.4, -0.2) is 22.5 Å². The fourth-order valence-corrected chi connectivity index (χ4v) is 1.67. The van der Waals surface area contributed by atoms with Crippen molar-refractivity contribution >= 4 is 17.6 Å². The molecule has 0 spiro atoms. The number of aryl methyl sites for hydroxylation is 1. The van der Waals surface area contributed by atoms with Crippen molar-refractivity contribution in [3.63, 3.8) is 0 Å². The Kier molecular flexibility index (Phi) is 4.14. The average Bonchev–Trinajstić information content (AvgIpc) is 2.39. The summed E-state index contributed by atoms with van der Waals surface area (Å²) in [4.78, 5) is 29.8. The molecule has 2 N–H and O–H groups in total. The lowest BCUT2D eigenvalue weighted by molar-refractivity contribution is 0.0524. The Morgan fingerprint density at radius 1 is 1.45 bits per heavy atom. The van der Waals surface area contributed by atoms with Gasteiger partial charge in [-0.05, 0) is 31.5 Å². The molecule has 2 aromatic rings. The van der Waals surface area contributed by atoms with Gasteiger partial charge >= 0.3 is 5.97 Å². The standard InChI is InChI=1S/C14H15N3O3/c1-3-20-13(19)11-8-15-14(17-12(11)18)16-10-6-4-5-9(2)7-10/h4-8H,3H2,1-2H3,(H2,15,16,17,18). The van der Waals surface area contributed by atoms with E-state index in [1.807, 2.05) is 31.2 Å². The fraction of sp³-hybridized carbons (Fsp3) is 0.214. The van der Waals surface area contributed by atoms with E-state index in [1.165, 1.54) is 6.20 Å². The zero-order valence-corrected chi connectivity index (χ0v) is 11.3. The Hall–Kier alpha value is -2.63. The lowest BCUT2D eigenvalue weighted by Gasteiger charge is -2.06. The van der Waals surface area contributed by atoms with Gasteiger partial charge in [-0.25, -0.2) is 9.78 Å². The summed E-state index contributed by atoms with van der Waals surface area (Å²) in [5, 5.41) is 2.96. The Morgan fingerprint density at radius 3 is 2.90 bits per heavy atom.